The molecule has 0 bridgehead atoms. The van der Waals surface area contributed by atoms with E-state index in [9.17, 15) is 4.79 Å². The van der Waals surface area contributed by atoms with Crippen molar-refractivity contribution in [3.05, 3.63) is 77.5 Å². The Morgan fingerprint density at radius 3 is 2.56 bits per heavy atom. The zero-order valence-electron chi connectivity index (χ0n) is 14.3. The first-order chi connectivity index (χ1) is 12.2. The number of amides is 1. The van der Waals surface area contributed by atoms with E-state index in [1.54, 1.807) is 12.1 Å². The summed E-state index contributed by atoms with van der Waals surface area (Å²) in [5, 5.41) is 14.2. The Hall–Kier alpha value is -3.21. The zero-order valence-corrected chi connectivity index (χ0v) is 14.3. The molecule has 0 unspecified atom stereocenters. The lowest BCUT2D eigenvalue weighted by atomic mass is 10.1. The van der Waals surface area contributed by atoms with Crippen molar-refractivity contribution in [1.29, 1.82) is 0 Å². The molecule has 0 aliphatic rings. The molecule has 0 spiro atoms. The summed E-state index contributed by atoms with van der Waals surface area (Å²) in [7, 11) is 0. The summed E-state index contributed by atoms with van der Waals surface area (Å²) in [6.07, 6.45) is 0.849. The predicted octanol–water partition coefficient (Wildman–Crippen LogP) is 4.34. The van der Waals surface area contributed by atoms with Gasteiger partial charge in [-0.05, 0) is 54.8 Å². The first-order valence-electron chi connectivity index (χ1n) is 8.22. The van der Waals surface area contributed by atoms with Crippen LogP contribution < -0.4 is 10.6 Å². The second kappa shape index (κ2) is 7.57. The van der Waals surface area contributed by atoms with Crippen LogP contribution in [0.4, 0.5) is 17.2 Å². The van der Waals surface area contributed by atoms with E-state index in [-0.39, 0.29) is 11.6 Å². The normalized spacial score (nSPS) is 10.3. The fourth-order valence-electron chi connectivity index (χ4n) is 2.53. The number of aryl methyl sites for hydroxylation is 2. The van der Waals surface area contributed by atoms with Crippen LogP contribution in [0.25, 0.3) is 0 Å². The van der Waals surface area contributed by atoms with Crippen LogP contribution in [0.5, 0.6) is 0 Å². The lowest BCUT2D eigenvalue weighted by molar-refractivity contribution is 0.102. The minimum atomic E-state index is -0.268. The maximum atomic E-state index is 12.4. The van der Waals surface area contributed by atoms with E-state index in [0.717, 1.165) is 28.9 Å². The number of benzene rings is 2. The summed E-state index contributed by atoms with van der Waals surface area (Å²) in [4.78, 5) is 12.4. The summed E-state index contributed by atoms with van der Waals surface area (Å²) in [6, 6.07) is 19.1. The molecular formula is C20H20N4O. The minimum absolute atomic E-state index is 0.268. The highest BCUT2D eigenvalue weighted by Gasteiger charge is 2.10. The molecule has 5 heteroatoms. The fourth-order valence-corrected chi connectivity index (χ4v) is 2.53. The van der Waals surface area contributed by atoms with Crippen molar-refractivity contribution in [2.24, 2.45) is 0 Å². The quantitative estimate of drug-likeness (QED) is 0.729. The molecule has 2 aromatic carbocycles. The van der Waals surface area contributed by atoms with Gasteiger partial charge in [-0.25, -0.2) is 0 Å². The SMILES string of the molecule is CCc1ccccc1NC(=O)c1ccc(Nc2cccc(C)c2)nn1. The number of nitrogens with zero attached hydrogens (tertiary/aromatic N) is 2. The topological polar surface area (TPSA) is 66.9 Å². The Balaban J connectivity index is 1.70. The third kappa shape index (κ3) is 4.20. The van der Waals surface area contributed by atoms with Gasteiger partial charge in [-0.2, -0.15) is 0 Å². The lowest BCUT2D eigenvalue weighted by Crippen LogP contribution is -2.15. The molecule has 3 aromatic rings. The maximum Gasteiger partial charge on any atom is 0.276 e. The Kier molecular flexibility index (Phi) is 5.04. The molecule has 0 radical (unpaired) electrons. The Bertz CT molecular complexity index is 875. The molecule has 1 aromatic heterocycles. The molecule has 1 heterocycles. The molecule has 0 aliphatic heterocycles. The van der Waals surface area contributed by atoms with Gasteiger partial charge < -0.3 is 10.6 Å². The Morgan fingerprint density at radius 1 is 1.00 bits per heavy atom. The van der Waals surface area contributed by atoms with Crippen molar-refractivity contribution >= 4 is 23.1 Å². The number of hydrogen-bond donors (Lipinski definition) is 2. The molecule has 0 atom stereocenters. The molecule has 0 fully saturated rings. The average molecular weight is 332 g/mol. The van der Waals surface area contributed by atoms with Gasteiger partial charge in [0.1, 0.15) is 0 Å². The Labute approximate surface area is 147 Å². The summed E-state index contributed by atoms with van der Waals surface area (Å²) in [5.74, 6) is 0.326. The highest BCUT2D eigenvalue weighted by Crippen LogP contribution is 2.17. The Morgan fingerprint density at radius 2 is 1.84 bits per heavy atom. The van der Waals surface area contributed by atoms with E-state index < -0.39 is 0 Å². The molecule has 1 amide bonds. The van der Waals surface area contributed by atoms with E-state index in [0.29, 0.717) is 5.82 Å². The van der Waals surface area contributed by atoms with Gasteiger partial charge in [-0.1, -0.05) is 37.3 Å². The van der Waals surface area contributed by atoms with E-state index in [1.165, 1.54) is 0 Å². The summed E-state index contributed by atoms with van der Waals surface area (Å²) >= 11 is 0. The number of nitrogens with one attached hydrogen (secondary N) is 2. The van der Waals surface area contributed by atoms with Gasteiger partial charge in [0.05, 0.1) is 0 Å². The second-order valence-corrected chi connectivity index (χ2v) is 5.76. The van der Waals surface area contributed by atoms with Gasteiger partial charge in [-0.3, -0.25) is 4.79 Å². The van der Waals surface area contributed by atoms with Crippen LogP contribution >= 0.6 is 0 Å². The van der Waals surface area contributed by atoms with Crippen molar-refractivity contribution < 1.29 is 4.79 Å². The lowest BCUT2D eigenvalue weighted by Gasteiger charge is -2.09. The number of carbonyl (C=O) groups is 1. The van der Waals surface area contributed by atoms with Crippen LogP contribution in [-0.2, 0) is 6.42 Å². The third-order valence-electron chi connectivity index (χ3n) is 3.83. The van der Waals surface area contributed by atoms with Gasteiger partial charge in [0.25, 0.3) is 5.91 Å². The first kappa shape index (κ1) is 16.6. The molecule has 25 heavy (non-hydrogen) atoms. The monoisotopic (exact) mass is 332 g/mol. The zero-order chi connectivity index (χ0) is 17.6. The summed E-state index contributed by atoms with van der Waals surface area (Å²) in [6.45, 7) is 4.08. The van der Waals surface area contributed by atoms with Gasteiger partial charge in [-0.15, -0.1) is 10.2 Å². The number of hydrogen-bond acceptors (Lipinski definition) is 4. The fraction of sp³-hybridized carbons (Fsp3) is 0.150. The molecule has 2 N–H and O–H groups in total. The predicted molar refractivity (Wildman–Crippen MR) is 100 cm³/mol. The van der Waals surface area contributed by atoms with Crippen LogP contribution in [0, 0.1) is 6.92 Å². The number of rotatable bonds is 5. The van der Waals surface area contributed by atoms with Crippen molar-refractivity contribution in [3.8, 4) is 0 Å². The minimum Gasteiger partial charge on any atom is -0.339 e. The summed E-state index contributed by atoms with van der Waals surface area (Å²) < 4.78 is 0. The average Bonchev–Trinajstić information content (AvgIpc) is 2.63. The molecular weight excluding hydrogens is 312 g/mol. The van der Waals surface area contributed by atoms with Crippen molar-refractivity contribution in [3.63, 3.8) is 0 Å². The standard InChI is InChI=1S/C20H20N4O/c1-3-15-8-4-5-10-17(15)22-20(25)18-11-12-19(24-23-18)21-16-9-6-7-14(2)13-16/h4-13H,3H2,1-2H3,(H,21,24)(H,22,25). The van der Waals surface area contributed by atoms with Crippen LogP contribution in [0.2, 0.25) is 0 Å². The van der Waals surface area contributed by atoms with E-state index in [1.807, 2.05) is 55.5 Å². The van der Waals surface area contributed by atoms with Crippen molar-refractivity contribution in [2.75, 3.05) is 10.6 Å². The molecule has 0 saturated carbocycles. The van der Waals surface area contributed by atoms with Crippen molar-refractivity contribution in [2.45, 2.75) is 20.3 Å². The number of para-hydroxylation sites is 1. The smallest absolute Gasteiger partial charge is 0.276 e. The van der Waals surface area contributed by atoms with Crippen LogP contribution in [-0.4, -0.2) is 16.1 Å². The van der Waals surface area contributed by atoms with Crippen molar-refractivity contribution in [1.82, 2.24) is 10.2 Å². The maximum absolute atomic E-state index is 12.4. The molecule has 0 aliphatic carbocycles. The van der Waals surface area contributed by atoms with Crippen LogP contribution in [0.1, 0.15) is 28.5 Å². The van der Waals surface area contributed by atoms with Gasteiger partial charge in [0.15, 0.2) is 11.5 Å². The second-order valence-electron chi connectivity index (χ2n) is 5.76. The molecule has 126 valence electrons. The molecule has 3 rings (SSSR count). The van der Waals surface area contributed by atoms with Gasteiger partial charge >= 0.3 is 0 Å². The van der Waals surface area contributed by atoms with E-state index in [4.69, 9.17) is 0 Å². The summed E-state index contributed by atoms with van der Waals surface area (Å²) in [5.41, 5.74) is 4.26. The number of anilines is 3. The largest absolute Gasteiger partial charge is 0.339 e. The number of aromatic nitrogens is 2. The van der Waals surface area contributed by atoms with E-state index >= 15 is 0 Å². The van der Waals surface area contributed by atoms with Crippen LogP contribution in [0.3, 0.4) is 0 Å². The van der Waals surface area contributed by atoms with Gasteiger partial charge in [0, 0.05) is 11.4 Å². The molecule has 0 saturated heterocycles. The molecule has 5 nitrogen and oxygen atoms in total. The highest BCUT2D eigenvalue weighted by atomic mass is 16.1. The number of carbonyl (C=O) groups excluding carboxylic acids is 1. The highest BCUT2D eigenvalue weighted by molar-refractivity contribution is 6.03. The first-order valence-corrected chi connectivity index (χ1v) is 8.22. The third-order valence-corrected chi connectivity index (χ3v) is 3.83. The van der Waals surface area contributed by atoms with Gasteiger partial charge in [0.2, 0.25) is 0 Å². The van der Waals surface area contributed by atoms with E-state index in [2.05, 4.69) is 27.8 Å². The van der Waals surface area contributed by atoms with Crippen LogP contribution in [0.15, 0.2) is 60.7 Å².